The van der Waals surface area contributed by atoms with Gasteiger partial charge in [-0.3, -0.25) is 0 Å². The van der Waals surface area contributed by atoms with Gasteiger partial charge in [0.05, 0.1) is 12.7 Å². The maximum absolute atomic E-state index is 10.9. The molecule has 19 heavy (non-hydrogen) atoms. The summed E-state index contributed by atoms with van der Waals surface area (Å²) in [6, 6.07) is 1.75. The molecule has 3 nitrogen and oxygen atoms in total. The van der Waals surface area contributed by atoms with Crippen molar-refractivity contribution in [1.82, 2.24) is 0 Å². The Morgan fingerprint density at radius 1 is 1.37 bits per heavy atom. The molecule has 0 radical (unpaired) electrons. The van der Waals surface area contributed by atoms with E-state index in [1.165, 1.54) is 17.8 Å². The summed E-state index contributed by atoms with van der Waals surface area (Å²) in [5.74, 6) is 0.609. The first-order chi connectivity index (χ1) is 8.95. The zero-order valence-corrected chi connectivity index (χ0v) is 12.6. The van der Waals surface area contributed by atoms with Crippen molar-refractivity contribution in [2.45, 2.75) is 52.7 Å². The van der Waals surface area contributed by atoms with E-state index in [0.29, 0.717) is 17.6 Å². The fourth-order valence-corrected chi connectivity index (χ4v) is 3.85. The van der Waals surface area contributed by atoms with Crippen molar-refractivity contribution in [3.8, 4) is 0 Å². The van der Waals surface area contributed by atoms with Gasteiger partial charge in [-0.25, -0.2) is 4.79 Å². The van der Waals surface area contributed by atoms with Gasteiger partial charge in [-0.1, -0.05) is 13.8 Å². The molecule has 4 heteroatoms. The summed E-state index contributed by atoms with van der Waals surface area (Å²) in [4.78, 5) is 12.4. The highest BCUT2D eigenvalue weighted by molar-refractivity contribution is 7.14. The van der Waals surface area contributed by atoms with E-state index < -0.39 is 5.97 Å². The van der Waals surface area contributed by atoms with E-state index in [1.807, 2.05) is 6.92 Å². The molecular formula is C15H22O3S. The van der Waals surface area contributed by atoms with E-state index in [0.717, 1.165) is 35.1 Å². The second-order valence-electron chi connectivity index (χ2n) is 5.85. The van der Waals surface area contributed by atoms with Crippen molar-refractivity contribution in [2.75, 3.05) is 0 Å². The van der Waals surface area contributed by atoms with Crippen molar-refractivity contribution in [3.05, 3.63) is 21.4 Å². The van der Waals surface area contributed by atoms with Crippen LogP contribution in [-0.2, 0) is 11.3 Å². The first-order valence-electron chi connectivity index (χ1n) is 6.90. The van der Waals surface area contributed by atoms with Crippen molar-refractivity contribution in [1.29, 1.82) is 0 Å². The molecule has 1 saturated carbocycles. The lowest BCUT2D eigenvalue weighted by atomic mass is 9.82. The summed E-state index contributed by atoms with van der Waals surface area (Å²) < 4.78 is 6.00. The van der Waals surface area contributed by atoms with Gasteiger partial charge in [0.25, 0.3) is 0 Å². The number of thiophene rings is 1. The predicted molar refractivity (Wildman–Crippen MR) is 76.8 cm³/mol. The summed E-state index contributed by atoms with van der Waals surface area (Å²) in [7, 11) is 0. The molecule has 0 aromatic carbocycles. The Morgan fingerprint density at radius 2 is 2.00 bits per heavy atom. The molecule has 1 N–H and O–H groups in total. The molecule has 1 heterocycles. The second kappa shape index (κ2) is 6.06. The van der Waals surface area contributed by atoms with Gasteiger partial charge in [-0.15, -0.1) is 11.3 Å². The molecule has 1 aliphatic rings. The summed E-state index contributed by atoms with van der Waals surface area (Å²) in [6.07, 6.45) is 3.87. The third-order valence-corrected chi connectivity index (χ3v) is 4.92. The molecule has 0 amide bonds. The monoisotopic (exact) mass is 282 g/mol. The predicted octanol–water partition coefficient (Wildman–Crippen LogP) is 4.10. The number of ether oxygens (including phenoxy) is 1. The zero-order valence-electron chi connectivity index (χ0n) is 11.8. The number of carboxylic acid groups (broad SMARTS) is 1. The minimum Gasteiger partial charge on any atom is -0.477 e. The highest BCUT2D eigenvalue weighted by Crippen LogP contribution is 2.31. The van der Waals surface area contributed by atoms with E-state index in [1.54, 1.807) is 6.07 Å². The number of aryl methyl sites for hydroxylation is 1. The highest BCUT2D eigenvalue weighted by Gasteiger charge is 2.24. The quantitative estimate of drug-likeness (QED) is 0.904. The smallest absolute Gasteiger partial charge is 0.345 e. The summed E-state index contributed by atoms with van der Waals surface area (Å²) in [6.45, 7) is 7.07. The average Bonchev–Trinajstić information content (AvgIpc) is 2.67. The molecule has 1 aromatic heterocycles. The zero-order chi connectivity index (χ0) is 14.0. The van der Waals surface area contributed by atoms with Crippen LogP contribution in [0.25, 0.3) is 0 Å². The summed E-state index contributed by atoms with van der Waals surface area (Å²) in [5.41, 5.74) is 1.02. The van der Waals surface area contributed by atoms with Crippen molar-refractivity contribution in [3.63, 3.8) is 0 Å². The Labute approximate surface area is 118 Å². The van der Waals surface area contributed by atoms with Gasteiger partial charge in [0.1, 0.15) is 4.88 Å². The number of aromatic carboxylic acids is 1. The molecule has 0 aliphatic heterocycles. The molecule has 2 unspecified atom stereocenters. The van der Waals surface area contributed by atoms with Crippen molar-refractivity contribution >= 4 is 17.3 Å². The molecule has 0 spiro atoms. The minimum absolute atomic E-state index is 0.325. The number of carbonyl (C=O) groups is 1. The summed E-state index contributed by atoms with van der Waals surface area (Å²) >= 11 is 1.33. The lowest BCUT2D eigenvalue weighted by Gasteiger charge is -2.31. The highest BCUT2D eigenvalue weighted by atomic mass is 32.1. The van der Waals surface area contributed by atoms with Gasteiger partial charge in [0.2, 0.25) is 0 Å². The standard InChI is InChI=1S/C15H22O3S/c1-9-4-10(2)6-13(5-9)18-8-12-7-14(15(16)17)19-11(12)3/h7,9-10,13H,4-6,8H2,1-3H3,(H,16,17). The number of hydrogen-bond donors (Lipinski definition) is 1. The van der Waals surface area contributed by atoms with E-state index in [9.17, 15) is 4.79 Å². The van der Waals surface area contributed by atoms with Gasteiger partial charge in [0.15, 0.2) is 0 Å². The van der Waals surface area contributed by atoms with Crippen LogP contribution in [0.4, 0.5) is 0 Å². The van der Waals surface area contributed by atoms with Gasteiger partial charge in [-0.05, 0) is 49.7 Å². The molecule has 0 saturated heterocycles. The molecule has 106 valence electrons. The third kappa shape index (κ3) is 3.80. The molecule has 2 rings (SSSR count). The number of hydrogen-bond acceptors (Lipinski definition) is 3. The van der Waals surface area contributed by atoms with Crippen LogP contribution in [0.3, 0.4) is 0 Å². The molecule has 2 atom stereocenters. The third-order valence-electron chi connectivity index (χ3n) is 3.84. The van der Waals surface area contributed by atoms with E-state index in [2.05, 4.69) is 13.8 Å². The van der Waals surface area contributed by atoms with Crippen LogP contribution in [0.15, 0.2) is 6.07 Å². The SMILES string of the molecule is Cc1sc(C(=O)O)cc1COC1CC(C)CC(C)C1. The lowest BCUT2D eigenvalue weighted by Crippen LogP contribution is -2.26. The van der Waals surface area contributed by atoms with Crippen LogP contribution < -0.4 is 0 Å². The Morgan fingerprint density at radius 3 is 2.53 bits per heavy atom. The maximum atomic E-state index is 10.9. The van der Waals surface area contributed by atoms with Crippen LogP contribution in [0.2, 0.25) is 0 Å². The fourth-order valence-electron chi connectivity index (χ4n) is 2.99. The van der Waals surface area contributed by atoms with Crippen LogP contribution in [0.1, 0.15) is 53.2 Å². The number of carboxylic acids is 1. The molecule has 1 aromatic rings. The van der Waals surface area contributed by atoms with Crippen LogP contribution in [-0.4, -0.2) is 17.2 Å². The molecule has 1 aliphatic carbocycles. The van der Waals surface area contributed by atoms with Crippen molar-refractivity contribution in [2.24, 2.45) is 11.8 Å². The van der Waals surface area contributed by atoms with Crippen LogP contribution >= 0.6 is 11.3 Å². The topological polar surface area (TPSA) is 46.5 Å². The fraction of sp³-hybridized carbons (Fsp3) is 0.667. The van der Waals surface area contributed by atoms with Gasteiger partial charge in [0, 0.05) is 4.88 Å². The Hall–Kier alpha value is -0.870. The first kappa shape index (κ1) is 14.5. The largest absolute Gasteiger partial charge is 0.477 e. The summed E-state index contributed by atoms with van der Waals surface area (Å²) in [5, 5.41) is 8.98. The normalized spacial score (nSPS) is 27.4. The van der Waals surface area contributed by atoms with Crippen LogP contribution in [0, 0.1) is 18.8 Å². The van der Waals surface area contributed by atoms with E-state index in [-0.39, 0.29) is 0 Å². The molecule has 0 bridgehead atoms. The average molecular weight is 282 g/mol. The van der Waals surface area contributed by atoms with E-state index >= 15 is 0 Å². The maximum Gasteiger partial charge on any atom is 0.345 e. The Balaban J connectivity index is 1.93. The van der Waals surface area contributed by atoms with Gasteiger partial charge >= 0.3 is 5.97 Å². The number of rotatable bonds is 4. The Bertz CT molecular complexity index is 442. The van der Waals surface area contributed by atoms with Crippen molar-refractivity contribution < 1.29 is 14.6 Å². The Kier molecular flexibility index (Phi) is 4.63. The molecule has 1 fully saturated rings. The van der Waals surface area contributed by atoms with Gasteiger partial charge in [-0.2, -0.15) is 0 Å². The van der Waals surface area contributed by atoms with Gasteiger partial charge < -0.3 is 9.84 Å². The lowest BCUT2D eigenvalue weighted by molar-refractivity contribution is -0.00919. The van der Waals surface area contributed by atoms with Crippen LogP contribution in [0.5, 0.6) is 0 Å². The second-order valence-corrected chi connectivity index (χ2v) is 7.10. The molecular weight excluding hydrogens is 260 g/mol. The minimum atomic E-state index is -0.848. The first-order valence-corrected chi connectivity index (χ1v) is 7.71. The van der Waals surface area contributed by atoms with E-state index in [4.69, 9.17) is 9.84 Å².